The molecule has 1 fully saturated rings. The Morgan fingerprint density at radius 3 is 2.56 bits per heavy atom. The highest BCUT2D eigenvalue weighted by Crippen LogP contribution is 2.42. The van der Waals surface area contributed by atoms with Gasteiger partial charge in [0.05, 0.1) is 11.4 Å². The largest absolute Gasteiger partial charge is 0.221 e. The van der Waals surface area contributed by atoms with Gasteiger partial charge in [-0.25, -0.2) is 9.07 Å². The van der Waals surface area contributed by atoms with Crippen LogP contribution in [-0.4, -0.2) is 9.78 Å². The van der Waals surface area contributed by atoms with Crippen LogP contribution < -0.4 is 0 Å². The number of nitrogens with zero attached hydrogens (tertiary/aromatic N) is 3. The monoisotopic (exact) mass is 261 g/mol. The molecule has 1 saturated carbocycles. The Hall–Kier alpha value is -1.86. The Bertz CT molecular complexity index is 635. The van der Waals surface area contributed by atoms with Crippen LogP contribution in [-0.2, 0) is 0 Å². The summed E-state index contributed by atoms with van der Waals surface area (Å²) in [6, 6.07) is 7.96. The second-order valence-corrected chi connectivity index (χ2v) is 4.68. The molecule has 90 valence electrons. The number of benzene rings is 1. The van der Waals surface area contributed by atoms with Gasteiger partial charge in [-0.3, -0.25) is 0 Å². The van der Waals surface area contributed by atoms with Crippen LogP contribution in [0.15, 0.2) is 24.3 Å². The number of halogens is 2. The minimum absolute atomic E-state index is 0.297. The first-order valence-electron chi connectivity index (χ1n) is 5.65. The van der Waals surface area contributed by atoms with Crippen molar-refractivity contribution >= 4 is 11.6 Å². The van der Waals surface area contributed by atoms with E-state index in [4.69, 9.17) is 16.9 Å². The highest BCUT2D eigenvalue weighted by Gasteiger charge is 2.31. The maximum absolute atomic E-state index is 12.9. The van der Waals surface area contributed by atoms with E-state index in [0.29, 0.717) is 22.3 Å². The first-order valence-corrected chi connectivity index (χ1v) is 6.03. The number of hydrogen-bond acceptors (Lipinski definition) is 2. The van der Waals surface area contributed by atoms with Gasteiger partial charge in [0.1, 0.15) is 17.4 Å². The van der Waals surface area contributed by atoms with Gasteiger partial charge in [0.15, 0.2) is 5.15 Å². The quantitative estimate of drug-likeness (QED) is 0.831. The first kappa shape index (κ1) is 11.2. The van der Waals surface area contributed by atoms with Crippen molar-refractivity contribution in [3.8, 4) is 11.8 Å². The van der Waals surface area contributed by atoms with E-state index >= 15 is 0 Å². The zero-order valence-corrected chi connectivity index (χ0v) is 10.2. The van der Waals surface area contributed by atoms with E-state index in [-0.39, 0.29) is 5.82 Å². The zero-order chi connectivity index (χ0) is 12.7. The molecule has 2 aromatic rings. The Morgan fingerprint density at radius 2 is 2.00 bits per heavy atom. The fourth-order valence-electron chi connectivity index (χ4n) is 1.91. The molecule has 0 aliphatic heterocycles. The summed E-state index contributed by atoms with van der Waals surface area (Å²) in [5.41, 5.74) is 1.85. The molecule has 5 heteroatoms. The Morgan fingerprint density at radius 1 is 1.33 bits per heavy atom. The van der Waals surface area contributed by atoms with Crippen LogP contribution in [0.3, 0.4) is 0 Å². The summed E-state index contributed by atoms with van der Waals surface area (Å²) in [5.74, 6) is 0.0313. The van der Waals surface area contributed by atoms with Gasteiger partial charge in [-0.2, -0.15) is 10.4 Å². The number of hydrogen-bond donors (Lipinski definition) is 0. The molecule has 18 heavy (non-hydrogen) atoms. The summed E-state index contributed by atoms with van der Waals surface area (Å²) in [6.45, 7) is 0. The average molecular weight is 262 g/mol. The molecule has 1 aromatic heterocycles. The minimum Gasteiger partial charge on any atom is -0.221 e. The summed E-state index contributed by atoms with van der Waals surface area (Å²) in [6.07, 6.45) is 2.09. The molecule has 1 aliphatic rings. The number of aromatic nitrogens is 2. The third-order valence-corrected chi connectivity index (χ3v) is 3.35. The lowest BCUT2D eigenvalue weighted by molar-refractivity contribution is 0.627. The second-order valence-electron chi connectivity index (χ2n) is 4.33. The molecule has 0 radical (unpaired) electrons. The molecule has 0 saturated heterocycles. The first-order chi connectivity index (χ1) is 8.70. The van der Waals surface area contributed by atoms with Crippen LogP contribution in [0, 0.1) is 17.1 Å². The fraction of sp³-hybridized carbons (Fsp3) is 0.231. The van der Waals surface area contributed by atoms with Crippen LogP contribution in [0.2, 0.25) is 5.15 Å². The summed E-state index contributed by atoms with van der Waals surface area (Å²) < 4.78 is 14.4. The molecule has 3 nitrogen and oxygen atoms in total. The van der Waals surface area contributed by atoms with Crippen LogP contribution in [0.1, 0.15) is 30.0 Å². The highest BCUT2D eigenvalue weighted by atomic mass is 35.5. The molecule has 1 heterocycles. The summed E-state index contributed by atoms with van der Waals surface area (Å²) in [7, 11) is 0. The maximum Gasteiger partial charge on any atom is 0.150 e. The Balaban J connectivity index is 2.12. The molecule has 0 spiro atoms. The molecular formula is C13H9ClFN3. The molecular weight excluding hydrogens is 253 g/mol. The van der Waals surface area contributed by atoms with E-state index in [1.165, 1.54) is 16.8 Å². The molecule has 0 N–H and O–H groups in total. The van der Waals surface area contributed by atoms with Gasteiger partial charge in [-0.15, -0.1) is 0 Å². The molecule has 3 rings (SSSR count). The smallest absolute Gasteiger partial charge is 0.150 e. The molecule has 1 aliphatic carbocycles. The molecule has 0 bridgehead atoms. The average Bonchev–Trinajstić information content (AvgIpc) is 3.15. The van der Waals surface area contributed by atoms with Crippen molar-refractivity contribution in [1.82, 2.24) is 9.78 Å². The standard InChI is InChI=1S/C13H9ClFN3/c14-13-11(7-16)12(8-1-2-8)17-18(13)10-5-3-9(15)4-6-10/h3-6,8H,1-2H2. The summed E-state index contributed by atoms with van der Waals surface area (Å²) in [4.78, 5) is 0. The van der Waals surface area contributed by atoms with Gasteiger partial charge < -0.3 is 0 Å². The maximum atomic E-state index is 12.9. The predicted molar refractivity (Wildman–Crippen MR) is 65.2 cm³/mol. The predicted octanol–water partition coefficient (Wildman–Crippen LogP) is 3.41. The molecule has 1 aromatic carbocycles. The van der Waals surface area contributed by atoms with Crippen molar-refractivity contribution in [3.05, 3.63) is 46.5 Å². The van der Waals surface area contributed by atoms with E-state index in [1.807, 2.05) is 0 Å². The Labute approximate surface area is 108 Å². The topological polar surface area (TPSA) is 41.6 Å². The third-order valence-electron chi connectivity index (χ3n) is 3.00. The van der Waals surface area contributed by atoms with E-state index in [1.54, 1.807) is 12.1 Å². The van der Waals surface area contributed by atoms with Crippen molar-refractivity contribution in [3.63, 3.8) is 0 Å². The summed E-state index contributed by atoms with van der Waals surface area (Å²) >= 11 is 6.16. The number of rotatable bonds is 2. The Kier molecular flexibility index (Phi) is 2.57. The van der Waals surface area contributed by atoms with Gasteiger partial charge in [0.25, 0.3) is 0 Å². The van der Waals surface area contributed by atoms with Crippen molar-refractivity contribution in [2.75, 3.05) is 0 Å². The normalized spacial score (nSPS) is 14.5. The van der Waals surface area contributed by atoms with Crippen molar-refractivity contribution in [2.45, 2.75) is 18.8 Å². The van der Waals surface area contributed by atoms with Gasteiger partial charge in [0, 0.05) is 5.92 Å². The van der Waals surface area contributed by atoms with Crippen LogP contribution >= 0.6 is 11.6 Å². The van der Waals surface area contributed by atoms with Crippen molar-refractivity contribution in [2.24, 2.45) is 0 Å². The highest BCUT2D eigenvalue weighted by molar-refractivity contribution is 6.31. The van der Waals surface area contributed by atoms with Gasteiger partial charge in [-0.1, -0.05) is 11.6 Å². The van der Waals surface area contributed by atoms with Gasteiger partial charge >= 0.3 is 0 Å². The third kappa shape index (κ3) is 1.77. The van der Waals surface area contributed by atoms with Crippen LogP contribution in [0.4, 0.5) is 4.39 Å². The van der Waals surface area contributed by atoms with Gasteiger partial charge in [0.2, 0.25) is 0 Å². The number of nitriles is 1. The van der Waals surface area contributed by atoms with E-state index < -0.39 is 0 Å². The lowest BCUT2D eigenvalue weighted by Gasteiger charge is -2.02. The van der Waals surface area contributed by atoms with E-state index in [2.05, 4.69) is 11.2 Å². The van der Waals surface area contributed by atoms with E-state index in [9.17, 15) is 4.39 Å². The molecule has 0 amide bonds. The fourth-order valence-corrected chi connectivity index (χ4v) is 2.19. The van der Waals surface area contributed by atoms with Gasteiger partial charge in [-0.05, 0) is 37.1 Å². The van der Waals surface area contributed by atoms with Crippen LogP contribution in [0.25, 0.3) is 5.69 Å². The lowest BCUT2D eigenvalue weighted by Crippen LogP contribution is -1.97. The lowest BCUT2D eigenvalue weighted by atomic mass is 10.2. The SMILES string of the molecule is N#Cc1c(C2CC2)nn(-c2ccc(F)cc2)c1Cl. The van der Waals surface area contributed by atoms with Crippen LogP contribution in [0.5, 0.6) is 0 Å². The van der Waals surface area contributed by atoms with Crippen molar-refractivity contribution < 1.29 is 4.39 Å². The van der Waals surface area contributed by atoms with Crippen molar-refractivity contribution in [1.29, 1.82) is 5.26 Å². The molecule has 0 unspecified atom stereocenters. The second kappa shape index (κ2) is 4.11. The molecule has 0 atom stereocenters. The van der Waals surface area contributed by atoms with E-state index in [0.717, 1.165) is 18.5 Å². The zero-order valence-electron chi connectivity index (χ0n) is 9.40. The summed E-state index contributed by atoms with van der Waals surface area (Å²) in [5, 5.41) is 13.8. The minimum atomic E-state index is -0.315.